The van der Waals surface area contributed by atoms with Crippen LogP contribution in [0.5, 0.6) is 0 Å². The molecule has 1 aromatic heterocycles. The molecule has 6 heteroatoms. The van der Waals surface area contributed by atoms with Crippen LogP contribution in [0, 0.1) is 11.3 Å². The average molecular weight is 380 g/mol. The van der Waals surface area contributed by atoms with Crippen LogP contribution in [0.3, 0.4) is 0 Å². The maximum Gasteiger partial charge on any atom is 0.101 e. The summed E-state index contributed by atoms with van der Waals surface area (Å²) in [5.41, 5.74) is 2.56. The third kappa shape index (κ3) is 3.83. The zero-order valence-corrected chi connectivity index (χ0v) is 17.0. The van der Waals surface area contributed by atoms with E-state index < -0.39 is 0 Å². The minimum Gasteiger partial charge on any atom is -0.370 e. The number of hydrogen-bond donors (Lipinski definition) is 0. The molecule has 0 bridgehead atoms. The first-order valence-corrected chi connectivity index (χ1v) is 10.2. The molecule has 28 heavy (non-hydrogen) atoms. The van der Waals surface area contributed by atoms with Gasteiger partial charge in [-0.25, -0.2) is 0 Å². The van der Waals surface area contributed by atoms with E-state index in [1.807, 2.05) is 12.1 Å². The van der Waals surface area contributed by atoms with Crippen molar-refractivity contribution in [2.24, 2.45) is 0 Å². The quantitative estimate of drug-likeness (QED) is 0.816. The lowest BCUT2D eigenvalue weighted by atomic mass is 10.1. The number of pyridine rings is 1. The number of anilines is 1. The number of nitriles is 1. The summed E-state index contributed by atoms with van der Waals surface area (Å²) in [6.07, 6.45) is 2.11. The molecule has 2 aliphatic rings. The fourth-order valence-electron chi connectivity index (χ4n) is 4.44. The highest BCUT2D eigenvalue weighted by molar-refractivity contribution is 5.95. The summed E-state index contributed by atoms with van der Waals surface area (Å²) in [4.78, 5) is 11.8. The molecule has 148 valence electrons. The second-order valence-electron chi connectivity index (χ2n) is 8.21. The Morgan fingerprint density at radius 1 is 1.18 bits per heavy atom. The van der Waals surface area contributed by atoms with Crippen molar-refractivity contribution in [1.82, 2.24) is 14.8 Å². The predicted octanol–water partition coefficient (Wildman–Crippen LogP) is 2.34. The molecule has 0 unspecified atom stereocenters. The van der Waals surface area contributed by atoms with Crippen molar-refractivity contribution in [3.63, 3.8) is 0 Å². The van der Waals surface area contributed by atoms with Gasteiger partial charge < -0.3 is 14.5 Å². The van der Waals surface area contributed by atoms with Gasteiger partial charge in [0.2, 0.25) is 0 Å². The Balaban J connectivity index is 1.54. The Morgan fingerprint density at radius 3 is 2.82 bits per heavy atom. The molecule has 3 atom stereocenters. The maximum absolute atomic E-state index is 9.41. The Kier molecular flexibility index (Phi) is 5.49. The lowest BCUT2D eigenvalue weighted by molar-refractivity contribution is -0.0406. The van der Waals surface area contributed by atoms with Crippen molar-refractivity contribution in [2.45, 2.75) is 32.1 Å². The van der Waals surface area contributed by atoms with Gasteiger partial charge >= 0.3 is 0 Å². The number of morpholine rings is 1. The molecule has 0 spiro atoms. The number of piperazine rings is 1. The first kappa shape index (κ1) is 19.1. The summed E-state index contributed by atoms with van der Waals surface area (Å²) in [6, 6.07) is 10.8. The fraction of sp³-hybridized carbons (Fsp3) is 0.545. The second kappa shape index (κ2) is 8.04. The molecule has 2 fully saturated rings. The minimum absolute atomic E-state index is 0.172. The number of aromatic nitrogens is 1. The standard InChI is InChI=1S/C22H29N5O/c1-16-12-26(10-9-25(16)3)14-19-15-27(13-17(2)28-19)21-7-6-18(11-23)22-20(21)5-4-8-24-22/h4-8,16-17,19H,9-10,12-15H2,1-3H3/t16-,17-,19+/m1/s1. The predicted molar refractivity (Wildman–Crippen MR) is 112 cm³/mol. The topological polar surface area (TPSA) is 55.6 Å². The van der Waals surface area contributed by atoms with Crippen molar-refractivity contribution in [3.05, 3.63) is 36.0 Å². The summed E-state index contributed by atoms with van der Waals surface area (Å²) in [7, 11) is 2.20. The highest BCUT2D eigenvalue weighted by Gasteiger charge is 2.30. The Labute approximate surface area is 167 Å². The van der Waals surface area contributed by atoms with E-state index >= 15 is 0 Å². The van der Waals surface area contributed by atoms with Crippen molar-refractivity contribution in [3.8, 4) is 6.07 Å². The summed E-state index contributed by atoms with van der Waals surface area (Å²) in [5, 5.41) is 10.5. The van der Waals surface area contributed by atoms with Crippen molar-refractivity contribution >= 4 is 16.6 Å². The van der Waals surface area contributed by atoms with Gasteiger partial charge in [0.15, 0.2) is 0 Å². The van der Waals surface area contributed by atoms with Gasteiger partial charge in [-0.15, -0.1) is 0 Å². The van der Waals surface area contributed by atoms with E-state index in [0.717, 1.165) is 55.9 Å². The van der Waals surface area contributed by atoms with Crippen LogP contribution >= 0.6 is 0 Å². The lowest BCUT2D eigenvalue weighted by Gasteiger charge is -2.43. The van der Waals surface area contributed by atoms with E-state index in [0.29, 0.717) is 11.6 Å². The van der Waals surface area contributed by atoms with Gasteiger partial charge in [0.05, 0.1) is 23.3 Å². The zero-order chi connectivity index (χ0) is 19.7. The number of ether oxygens (including phenoxy) is 1. The van der Waals surface area contributed by atoms with Gasteiger partial charge in [-0.1, -0.05) is 0 Å². The molecule has 6 nitrogen and oxygen atoms in total. The number of nitrogens with zero attached hydrogens (tertiary/aromatic N) is 5. The van der Waals surface area contributed by atoms with Crippen molar-refractivity contribution in [2.75, 3.05) is 51.2 Å². The van der Waals surface area contributed by atoms with Crippen LogP contribution in [-0.4, -0.2) is 79.3 Å². The average Bonchev–Trinajstić information content (AvgIpc) is 2.69. The Hall–Kier alpha value is -2.20. The fourth-order valence-corrected chi connectivity index (χ4v) is 4.44. The van der Waals surface area contributed by atoms with Gasteiger partial charge in [-0.3, -0.25) is 9.88 Å². The molecule has 0 N–H and O–H groups in total. The third-order valence-corrected chi connectivity index (χ3v) is 6.04. The van der Waals surface area contributed by atoms with Crippen LogP contribution in [0.2, 0.25) is 0 Å². The molecule has 3 heterocycles. The highest BCUT2D eigenvalue weighted by Crippen LogP contribution is 2.30. The first-order valence-electron chi connectivity index (χ1n) is 10.2. The molecule has 2 saturated heterocycles. The maximum atomic E-state index is 9.41. The summed E-state index contributed by atoms with van der Waals surface area (Å²) < 4.78 is 6.29. The summed E-state index contributed by atoms with van der Waals surface area (Å²) >= 11 is 0. The van der Waals surface area contributed by atoms with Gasteiger partial charge in [-0.2, -0.15) is 5.26 Å². The van der Waals surface area contributed by atoms with E-state index in [1.54, 1.807) is 6.20 Å². The van der Waals surface area contributed by atoms with Crippen LogP contribution in [-0.2, 0) is 4.74 Å². The Bertz CT molecular complexity index is 879. The van der Waals surface area contributed by atoms with Crippen LogP contribution in [0.4, 0.5) is 5.69 Å². The SMILES string of the molecule is C[C@@H]1CN(c2ccc(C#N)c3ncccc23)C[C@H](CN2CCN(C)[C@H](C)C2)O1. The normalized spacial score (nSPS) is 27.1. The van der Waals surface area contributed by atoms with Gasteiger partial charge in [-0.05, 0) is 45.2 Å². The largest absolute Gasteiger partial charge is 0.370 e. The smallest absolute Gasteiger partial charge is 0.101 e. The molecule has 0 saturated carbocycles. The number of likely N-dealkylation sites (N-methyl/N-ethyl adjacent to an activating group) is 1. The number of hydrogen-bond acceptors (Lipinski definition) is 6. The van der Waals surface area contributed by atoms with E-state index in [4.69, 9.17) is 4.74 Å². The van der Waals surface area contributed by atoms with Crippen molar-refractivity contribution in [1.29, 1.82) is 5.26 Å². The van der Waals surface area contributed by atoms with Gasteiger partial charge in [0.25, 0.3) is 0 Å². The summed E-state index contributed by atoms with van der Waals surface area (Å²) in [5.74, 6) is 0. The van der Waals surface area contributed by atoms with Crippen LogP contribution in [0.25, 0.3) is 10.9 Å². The summed E-state index contributed by atoms with van der Waals surface area (Å²) in [6.45, 7) is 10.4. The molecular formula is C22H29N5O. The molecule has 0 aliphatic carbocycles. The Morgan fingerprint density at radius 2 is 2.04 bits per heavy atom. The van der Waals surface area contributed by atoms with Gasteiger partial charge in [0.1, 0.15) is 6.07 Å². The molecule has 1 aromatic carbocycles. The van der Waals surface area contributed by atoms with E-state index in [2.05, 4.69) is 58.8 Å². The number of fused-ring (bicyclic) bond motifs is 1. The van der Waals surface area contributed by atoms with Crippen LogP contribution in [0.1, 0.15) is 19.4 Å². The highest BCUT2D eigenvalue weighted by atomic mass is 16.5. The zero-order valence-electron chi connectivity index (χ0n) is 17.0. The molecule has 2 aromatic rings. The van der Waals surface area contributed by atoms with E-state index in [1.165, 1.54) is 0 Å². The minimum atomic E-state index is 0.172. The molecule has 0 amide bonds. The molecular weight excluding hydrogens is 350 g/mol. The van der Waals surface area contributed by atoms with Crippen LogP contribution < -0.4 is 4.90 Å². The van der Waals surface area contributed by atoms with Gasteiger partial charge in [0, 0.05) is 62.6 Å². The molecule has 4 rings (SSSR count). The van der Waals surface area contributed by atoms with Crippen molar-refractivity contribution < 1.29 is 4.74 Å². The van der Waals surface area contributed by atoms with E-state index in [-0.39, 0.29) is 12.2 Å². The molecule has 0 radical (unpaired) electrons. The third-order valence-electron chi connectivity index (χ3n) is 6.04. The number of rotatable bonds is 3. The van der Waals surface area contributed by atoms with Crippen LogP contribution in [0.15, 0.2) is 30.5 Å². The van der Waals surface area contributed by atoms with E-state index in [9.17, 15) is 5.26 Å². The monoisotopic (exact) mass is 379 g/mol. The lowest BCUT2D eigenvalue weighted by Crippen LogP contribution is -2.55. The second-order valence-corrected chi connectivity index (χ2v) is 8.21. The first-order chi connectivity index (χ1) is 13.5. The molecule has 2 aliphatic heterocycles. The number of benzene rings is 1.